The monoisotopic (exact) mass is 348 g/mol. The first-order valence-corrected chi connectivity index (χ1v) is 9.06. The van der Waals surface area contributed by atoms with Gasteiger partial charge < -0.3 is 14.9 Å². The van der Waals surface area contributed by atoms with Crippen molar-refractivity contribution in [2.45, 2.75) is 32.6 Å². The highest BCUT2D eigenvalue weighted by Gasteiger charge is 2.10. The third-order valence-electron chi connectivity index (χ3n) is 2.62. The molecular formula is C20H28O3S. The number of hydrogen-bond donors (Lipinski definition) is 2. The topological polar surface area (TPSA) is 49.7 Å². The molecule has 0 aliphatic carbocycles. The highest BCUT2D eigenvalue weighted by molar-refractivity contribution is 7.99. The first kappa shape index (κ1) is 21.9. The Kier molecular flexibility index (Phi) is 13.3. The summed E-state index contributed by atoms with van der Waals surface area (Å²) in [5.41, 5.74) is 0. The van der Waals surface area contributed by atoms with Crippen LogP contribution in [0.15, 0.2) is 65.6 Å². The van der Waals surface area contributed by atoms with Gasteiger partial charge in [0.05, 0.1) is 11.5 Å². The molecule has 1 aliphatic rings. The molecule has 0 bridgehead atoms. The smallest absolute Gasteiger partial charge is 0.133 e. The van der Waals surface area contributed by atoms with Gasteiger partial charge in [0.1, 0.15) is 17.2 Å². The molecule has 0 radical (unpaired) electrons. The van der Waals surface area contributed by atoms with Crippen molar-refractivity contribution >= 4 is 11.8 Å². The summed E-state index contributed by atoms with van der Waals surface area (Å²) in [6.07, 6.45) is 4.00. The molecule has 0 saturated heterocycles. The molecule has 3 nitrogen and oxygen atoms in total. The van der Waals surface area contributed by atoms with Crippen molar-refractivity contribution in [3.05, 3.63) is 60.7 Å². The lowest BCUT2D eigenvalue weighted by atomic mass is 10.3. The number of rotatable bonds is 0. The normalized spacial score (nSPS) is 11.3. The van der Waals surface area contributed by atoms with Crippen molar-refractivity contribution < 1.29 is 14.9 Å². The van der Waals surface area contributed by atoms with Gasteiger partial charge in [0, 0.05) is 5.75 Å². The van der Waals surface area contributed by atoms with Gasteiger partial charge in [-0.05, 0) is 44.2 Å². The Bertz CT molecular complexity index is 564. The Balaban J connectivity index is 0.000000352. The molecule has 0 fully saturated rings. The molecule has 0 spiro atoms. The van der Waals surface area contributed by atoms with Gasteiger partial charge in [-0.25, -0.2) is 0 Å². The largest absolute Gasteiger partial charge is 0.508 e. The summed E-state index contributed by atoms with van der Waals surface area (Å²) in [5.74, 6) is 2.49. The number of benzene rings is 2. The van der Waals surface area contributed by atoms with Crippen LogP contribution >= 0.6 is 11.8 Å². The SMILES string of the molecule is C/C=C\C.CC.Oc1ccc2c(c1)SCCO2.Oc1ccccc1. The number of thioether (sulfide) groups is 1. The van der Waals surface area contributed by atoms with E-state index in [9.17, 15) is 0 Å². The van der Waals surface area contributed by atoms with Crippen LogP contribution in [-0.2, 0) is 0 Å². The van der Waals surface area contributed by atoms with E-state index in [1.54, 1.807) is 54.2 Å². The van der Waals surface area contributed by atoms with Gasteiger partial charge in [-0.3, -0.25) is 0 Å². The minimum absolute atomic E-state index is 0.307. The van der Waals surface area contributed by atoms with E-state index in [0.717, 1.165) is 23.0 Å². The maximum Gasteiger partial charge on any atom is 0.133 e. The van der Waals surface area contributed by atoms with Crippen LogP contribution in [0.2, 0.25) is 0 Å². The second-order valence-electron chi connectivity index (χ2n) is 4.33. The van der Waals surface area contributed by atoms with Gasteiger partial charge in [-0.15, -0.1) is 11.8 Å². The molecule has 1 heterocycles. The number of phenols is 2. The first-order chi connectivity index (χ1) is 11.7. The van der Waals surface area contributed by atoms with Gasteiger partial charge in [-0.2, -0.15) is 0 Å². The number of phenolic OH excluding ortho intramolecular Hbond substituents is 2. The second kappa shape index (κ2) is 14.5. The lowest BCUT2D eigenvalue weighted by molar-refractivity contribution is 0.328. The van der Waals surface area contributed by atoms with E-state index in [1.165, 1.54) is 0 Å². The summed E-state index contributed by atoms with van der Waals surface area (Å²) in [6, 6.07) is 13.9. The first-order valence-electron chi connectivity index (χ1n) is 8.07. The minimum Gasteiger partial charge on any atom is -0.508 e. The van der Waals surface area contributed by atoms with Gasteiger partial charge in [-0.1, -0.05) is 44.2 Å². The van der Waals surface area contributed by atoms with Crippen LogP contribution in [0.3, 0.4) is 0 Å². The zero-order valence-electron chi connectivity index (χ0n) is 14.9. The Labute approximate surface area is 150 Å². The van der Waals surface area contributed by atoms with E-state index in [-0.39, 0.29) is 0 Å². The lowest BCUT2D eigenvalue weighted by Gasteiger charge is -2.15. The number of para-hydroxylation sites is 1. The molecule has 0 amide bonds. The molecule has 2 N–H and O–H groups in total. The molecule has 0 unspecified atom stereocenters. The fourth-order valence-corrected chi connectivity index (χ4v) is 2.32. The van der Waals surface area contributed by atoms with E-state index < -0.39 is 0 Å². The summed E-state index contributed by atoms with van der Waals surface area (Å²) in [6.45, 7) is 8.77. The van der Waals surface area contributed by atoms with Gasteiger partial charge in [0.25, 0.3) is 0 Å². The Morgan fingerprint density at radius 3 is 2.04 bits per heavy atom. The molecule has 0 atom stereocenters. The van der Waals surface area contributed by atoms with Crippen molar-refractivity contribution in [1.29, 1.82) is 0 Å². The summed E-state index contributed by atoms with van der Waals surface area (Å²) in [7, 11) is 0. The molecule has 0 aromatic heterocycles. The van der Waals surface area contributed by atoms with Gasteiger partial charge >= 0.3 is 0 Å². The standard InChI is InChI=1S/C8H8O2S.C6H6O.C4H8.C2H6/c9-6-1-2-7-8(5-6)11-4-3-10-7;7-6-4-2-1-3-5-6;1-3-4-2;1-2/h1-2,5,9H,3-4H2;1-5,7H;3-4H,1-2H3;1-2H3/b;;4-3-;. The molecule has 24 heavy (non-hydrogen) atoms. The van der Waals surface area contributed by atoms with Crippen molar-refractivity contribution in [3.63, 3.8) is 0 Å². The number of ether oxygens (including phenoxy) is 1. The van der Waals surface area contributed by atoms with E-state index in [4.69, 9.17) is 14.9 Å². The van der Waals surface area contributed by atoms with Crippen LogP contribution < -0.4 is 4.74 Å². The molecule has 3 rings (SSSR count). The van der Waals surface area contributed by atoms with Gasteiger partial charge in [0.2, 0.25) is 0 Å². The van der Waals surface area contributed by atoms with Crippen LogP contribution in [0.5, 0.6) is 17.2 Å². The molecule has 4 heteroatoms. The third-order valence-corrected chi connectivity index (χ3v) is 3.62. The average Bonchev–Trinajstić information content (AvgIpc) is 2.64. The van der Waals surface area contributed by atoms with E-state index in [1.807, 2.05) is 45.9 Å². The summed E-state index contributed by atoms with van der Waals surface area (Å²) in [4.78, 5) is 1.04. The molecule has 2 aromatic rings. The van der Waals surface area contributed by atoms with Crippen molar-refractivity contribution in [1.82, 2.24) is 0 Å². The second-order valence-corrected chi connectivity index (χ2v) is 5.47. The lowest BCUT2D eigenvalue weighted by Crippen LogP contribution is -2.05. The maximum atomic E-state index is 9.12. The molecule has 0 saturated carbocycles. The van der Waals surface area contributed by atoms with Crippen LogP contribution in [0.1, 0.15) is 27.7 Å². The van der Waals surface area contributed by atoms with Crippen LogP contribution in [0.4, 0.5) is 0 Å². The Hall–Kier alpha value is -2.07. The van der Waals surface area contributed by atoms with E-state index >= 15 is 0 Å². The van der Waals surface area contributed by atoms with Crippen molar-refractivity contribution in [2.24, 2.45) is 0 Å². The molecule has 2 aromatic carbocycles. The number of allylic oxidation sites excluding steroid dienone is 2. The Morgan fingerprint density at radius 2 is 1.54 bits per heavy atom. The number of hydrogen-bond acceptors (Lipinski definition) is 4. The van der Waals surface area contributed by atoms with E-state index in [0.29, 0.717) is 11.5 Å². The molecular weight excluding hydrogens is 320 g/mol. The Morgan fingerprint density at radius 1 is 0.917 bits per heavy atom. The quantitative estimate of drug-likeness (QED) is 0.584. The third kappa shape index (κ3) is 9.85. The molecule has 1 aliphatic heterocycles. The number of fused-ring (bicyclic) bond motifs is 1. The highest BCUT2D eigenvalue weighted by Crippen LogP contribution is 2.35. The zero-order valence-corrected chi connectivity index (χ0v) is 15.7. The number of aromatic hydroxyl groups is 2. The minimum atomic E-state index is 0.307. The van der Waals surface area contributed by atoms with Crippen LogP contribution in [0, 0.1) is 0 Å². The summed E-state index contributed by atoms with van der Waals surface area (Å²) in [5, 5.41) is 17.8. The predicted octanol–water partition coefficient (Wildman–Crippen LogP) is 5.88. The van der Waals surface area contributed by atoms with Crippen LogP contribution in [0.25, 0.3) is 0 Å². The van der Waals surface area contributed by atoms with Crippen LogP contribution in [-0.4, -0.2) is 22.6 Å². The summed E-state index contributed by atoms with van der Waals surface area (Å²) < 4.78 is 5.35. The molecule has 132 valence electrons. The summed E-state index contributed by atoms with van der Waals surface area (Å²) >= 11 is 1.72. The van der Waals surface area contributed by atoms with Crippen molar-refractivity contribution in [3.8, 4) is 17.2 Å². The zero-order chi connectivity index (χ0) is 18.2. The fourth-order valence-electron chi connectivity index (χ4n) is 1.46. The maximum absolute atomic E-state index is 9.12. The average molecular weight is 349 g/mol. The van der Waals surface area contributed by atoms with Crippen molar-refractivity contribution in [2.75, 3.05) is 12.4 Å². The van der Waals surface area contributed by atoms with Gasteiger partial charge in [0.15, 0.2) is 0 Å². The highest BCUT2D eigenvalue weighted by atomic mass is 32.2. The fraction of sp³-hybridized carbons (Fsp3) is 0.300. The van der Waals surface area contributed by atoms with E-state index in [2.05, 4.69) is 0 Å². The predicted molar refractivity (Wildman–Crippen MR) is 104 cm³/mol.